The molecule has 6 aromatic rings. The first-order valence-electron chi connectivity index (χ1n) is 21.7. The molecule has 0 radical (unpaired) electrons. The number of hydrogen-bond acceptors (Lipinski definition) is 12. The van der Waals surface area contributed by atoms with Gasteiger partial charge in [0, 0.05) is 67.1 Å². The van der Waals surface area contributed by atoms with Crippen LogP contribution in [0, 0.1) is 0 Å². The summed E-state index contributed by atoms with van der Waals surface area (Å²) in [5.74, 6) is 0.652. The number of benzene rings is 4. The Labute approximate surface area is 368 Å². The number of aliphatic hydroxyl groups excluding tert-OH is 2. The number of carbonyl (C=O) groups is 1. The van der Waals surface area contributed by atoms with Crippen molar-refractivity contribution < 1.29 is 48.2 Å². The maximum absolute atomic E-state index is 12.5. The number of nitrogens with one attached hydrogen (secondary N) is 1. The third-order valence-electron chi connectivity index (χ3n) is 10.8. The normalized spacial score (nSPS) is 16.4. The minimum Gasteiger partial charge on any atom is -0.493 e. The molecule has 1 aliphatic heterocycles. The molecule has 1 saturated heterocycles. The molecule has 63 heavy (non-hydrogen) atoms. The average Bonchev–Trinajstić information content (AvgIpc) is 3.32. The summed E-state index contributed by atoms with van der Waals surface area (Å²) in [6, 6.07) is 31.4. The largest absolute Gasteiger partial charge is 0.493 e. The van der Waals surface area contributed by atoms with E-state index in [2.05, 4.69) is 82.0 Å². The zero-order valence-corrected chi connectivity index (χ0v) is 35.6. The number of ether oxygens (including phenoxy) is 7. The van der Waals surface area contributed by atoms with Crippen LogP contribution in [0.25, 0.3) is 43.8 Å². The molecule has 13 nitrogen and oxygen atoms in total. The van der Waals surface area contributed by atoms with E-state index in [0.29, 0.717) is 79.0 Å². The summed E-state index contributed by atoms with van der Waals surface area (Å²) in [5, 5.41) is 26.9. The van der Waals surface area contributed by atoms with Crippen molar-refractivity contribution in [3.05, 3.63) is 127 Å². The fraction of sp³-hybridized carbons (Fsp3) is 0.380. The highest BCUT2D eigenvalue weighted by molar-refractivity contribution is 5.98. The first kappa shape index (κ1) is 45.7. The standard InChI is InChI=1S/C50H57N3O10/c54-46-16-23-63-48(50(46)56)35-61-30-29-59-28-27-58-26-25-57-24-20-53-49(55)17-21-60-34-37-9-12-43(42-6-2-4-39-14-19-52-33-45(39)42)47(31-37)62-22-15-36-7-10-40(11-8-36)41-5-1-3-38-13-18-51-32-44(38)41/h1-14,18-19,31-33,46,48,50,54,56H,15-17,20-30,34-35H2,(H,53,55). The lowest BCUT2D eigenvalue weighted by Gasteiger charge is -2.31. The Bertz CT molecular complexity index is 2320. The zero-order valence-electron chi connectivity index (χ0n) is 35.6. The van der Waals surface area contributed by atoms with Crippen LogP contribution in [-0.2, 0) is 46.2 Å². The van der Waals surface area contributed by atoms with Crippen LogP contribution in [0.5, 0.6) is 5.75 Å². The average molecular weight is 860 g/mol. The summed E-state index contributed by atoms with van der Waals surface area (Å²) in [5.41, 5.74) is 6.45. The van der Waals surface area contributed by atoms with Crippen LogP contribution in [0.2, 0.25) is 0 Å². The number of nitrogens with zero attached hydrogens (tertiary/aromatic N) is 2. The van der Waals surface area contributed by atoms with Crippen LogP contribution in [-0.4, -0.2) is 124 Å². The van der Waals surface area contributed by atoms with Gasteiger partial charge in [-0.15, -0.1) is 0 Å². The van der Waals surface area contributed by atoms with E-state index in [1.54, 1.807) is 6.20 Å². The number of amides is 1. The molecule has 13 heteroatoms. The third-order valence-corrected chi connectivity index (χ3v) is 10.8. The van der Waals surface area contributed by atoms with Gasteiger partial charge in [0.1, 0.15) is 18.0 Å². The van der Waals surface area contributed by atoms with E-state index < -0.39 is 18.3 Å². The van der Waals surface area contributed by atoms with Crippen LogP contribution in [0.15, 0.2) is 116 Å². The smallest absolute Gasteiger partial charge is 0.222 e. The lowest BCUT2D eigenvalue weighted by molar-refractivity contribution is -0.156. The Morgan fingerprint density at radius 2 is 1.32 bits per heavy atom. The summed E-state index contributed by atoms with van der Waals surface area (Å²) in [6.45, 7) is 4.83. The van der Waals surface area contributed by atoms with Gasteiger partial charge < -0.3 is 48.7 Å². The molecule has 0 saturated carbocycles. The second kappa shape index (κ2) is 24.5. The number of aliphatic hydroxyl groups is 2. The quantitative estimate of drug-likeness (QED) is 0.0550. The van der Waals surface area contributed by atoms with Gasteiger partial charge in [0.2, 0.25) is 5.91 Å². The van der Waals surface area contributed by atoms with Crippen molar-refractivity contribution >= 4 is 27.5 Å². The third kappa shape index (κ3) is 13.6. The van der Waals surface area contributed by atoms with Crippen LogP contribution < -0.4 is 10.1 Å². The van der Waals surface area contributed by atoms with Crippen LogP contribution in [0.1, 0.15) is 24.0 Å². The van der Waals surface area contributed by atoms with Crippen molar-refractivity contribution in [1.82, 2.24) is 15.3 Å². The molecule has 3 heterocycles. The van der Waals surface area contributed by atoms with Crippen LogP contribution in [0.3, 0.4) is 0 Å². The van der Waals surface area contributed by atoms with Gasteiger partial charge in [-0.1, -0.05) is 72.8 Å². The van der Waals surface area contributed by atoms with Gasteiger partial charge in [-0.05, 0) is 63.2 Å². The molecule has 3 atom stereocenters. The summed E-state index contributed by atoms with van der Waals surface area (Å²) < 4.78 is 40.0. The molecule has 3 unspecified atom stereocenters. The number of rotatable bonds is 25. The van der Waals surface area contributed by atoms with Gasteiger partial charge in [-0.2, -0.15) is 0 Å². The SMILES string of the molecule is O=C(CCOCc1ccc(-c2cccc3ccncc23)c(OCCc2ccc(-c3cccc4ccncc34)cc2)c1)NCCOCCOCCOCCOCC1OCCC(O)C1O. The first-order chi connectivity index (χ1) is 31.0. The van der Waals surface area contributed by atoms with Crippen molar-refractivity contribution in [2.24, 2.45) is 0 Å². The minimum atomic E-state index is -0.931. The van der Waals surface area contributed by atoms with Crippen molar-refractivity contribution in [2.45, 2.75) is 44.2 Å². The highest BCUT2D eigenvalue weighted by Gasteiger charge is 2.31. The van der Waals surface area contributed by atoms with Crippen LogP contribution >= 0.6 is 0 Å². The van der Waals surface area contributed by atoms with Crippen molar-refractivity contribution in [1.29, 1.82) is 0 Å². The van der Waals surface area contributed by atoms with Crippen molar-refractivity contribution in [2.75, 3.05) is 79.2 Å². The number of aromatic nitrogens is 2. The summed E-state index contributed by atoms with van der Waals surface area (Å²) in [7, 11) is 0. The Balaban J connectivity index is 0.794. The molecule has 4 aromatic carbocycles. The van der Waals surface area contributed by atoms with Gasteiger partial charge in [0.15, 0.2) is 0 Å². The van der Waals surface area contributed by atoms with Gasteiger partial charge >= 0.3 is 0 Å². The molecule has 7 rings (SSSR count). The first-order valence-corrected chi connectivity index (χ1v) is 21.7. The Morgan fingerprint density at radius 3 is 2.05 bits per heavy atom. The van der Waals surface area contributed by atoms with Gasteiger partial charge in [-0.3, -0.25) is 14.8 Å². The molecule has 1 fully saturated rings. The maximum Gasteiger partial charge on any atom is 0.222 e. The van der Waals surface area contributed by atoms with E-state index in [1.807, 2.05) is 42.9 Å². The predicted octanol–water partition coefficient (Wildman–Crippen LogP) is 6.34. The minimum absolute atomic E-state index is 0.109. The summed E-state index contributed by atoms with van der Waals surface area (Å²) >= 11 is 0. The van der Waals surface area contributed by atoms with E-state index in [9.17, 15) is 15.0 Å². The Morgan fingerprint density at radius 1 is 0.667 bits per heavy atom. The molecule has 1 amide bonds. The predicted molar refractivity (Wildman–Crippen MR) is 240 cm³/mol. The second-order valence-corrected chi connectivity index (χ2v) is 15.3. The summed E-state index contributed by atoms with van der Waals surface area (Å²) in [6.07, 6.45) is 6.59. The molecule has 2 aromatic heterocycles. The van der Waals surface area contributed by atoms with E-state index in [0.717, 1.165) is 56.1 Å². The van der Waals surface area contributed by atoms with Crippen molar-refractivity contribution in [3.8, 4) is 28.0 Å². The highest BCUT2D eigenvalue weighted by atomic mass is 16.6. The molecule has 0 bridgehead atoms. The van der Waals surface area contributed by atoms with E-state index >= 15 is 0 Å². The number of hydrogen-bond donors (Lipinski definition) is 3. The lowest BCUT2D eigenvalue weighted by atomic mass is 9.97. The highest BCUT2D eigenvalue weighted by Crippen LogP contribution is 2.36. The van der Waals surface area contributed by atoms with Gasteiger partial charge in [0.05, 0.1) is 78.8 Å². The zero-order chi connectivity index (χ0) is 43.5. The fourth-order valence-electron chi connectivity index (χ4n) is 7.41. The number of fused-ring (bicyclic) bond motifs is 2. The van der Waals surface area contributed by atoms with Gasteiger partial charge in [0.25, 0.3) is 0 Å². The topological polar surface area (TPSA) is 160 Å². The lowest BCUT2D eigenvalue weighted by Crippen LogP contribution is -2.46. The fourth-order valence-corrected chi connectivity index (χ4v) is 7.41. The van der Waals surface area contributed by atoms with Gasteiger partial charge in [-0.25, -0.2) is 0 Å². The second-order valence-electron chi connectivity index (χ2n) is 15.3. The molecule has 3 N–H and O–H groups in total. The van der Waals surface area contributed by atoms with E-state index in [-0.39, 0.29) is 25.5 Å². The molecule has 1 aliphatic rings. The maximum atomic E-state index is 12.5. The molecular weight excluding hydrogens is 803 g/mol. The number of carbonyl (C=O) groups excluding carboxylic acids is 1. The summed E-state index contributed by atoms with van der Waals surface area (Å²) in [4.78, 5) is 21.2. The Kier molecular flexibility index (Phi) is 17.7. The number of pyridine rings is 2. The van der Waals surface area contributed by atoms with Crippen molar-refractivity contribution in [3.63, 3.8) is 0 Å². The monoisotopic (exact) mass is 859 g/mol. The molecular formula is C50H57N3O10. The Hall–Kier alpha value is -5.35. The van der Waals surface area contributed by atoms with Crippen LogP contribution in [0.4, 0.5) is 0 Å². The molecule has 0 aliphatic carbocycles. The van der Waals surface area contributed by atoms with E-state index in [4.69, 9.17) is 33.2 Å². The molecule has 0 spiro atoms. The van der Waals surface area contributed by atoms with E-state index in [1.165, 1.54) is 10.9 Å². The molecule has 332 valence electrons.